The van der Waals surface area contributed by atoms with Gasteiger partial charge in [-0.25, -0.2) is 4.79 Å². The van der Waals surface area contributed by atoms with Crippen LogP contribution in [0.25, 0.3) is 0 Å². The molecule has 1 aliphatic heterocycles. The Labute approximate surface area is 108 Å². The first-order valence-electron chi connectivity index (χ1n) is 6.44. The molecule has 104 valence electrons. The number of hydrogen-bond acceptors (Lipinski definition) is 3. The van der Waals surface area contributed by atoms with Gasteiger partial charge in [-0.15, -0.1) is 0 Å². The first kappa shape index (κ1) is 15.0. The number of carboxylic acid groups (broad SMARTS) is 1. The van der Waals surface area contributed by atoms with Crippen molar-refractivity contribution in [2.45, 2.75) is 46.1 Å². The van der Waals surface area contributed by atoms with Crippen LogP contribution >= 0.6 is 0 Å². The molecule has 0 aromatic carbocycles. The van der Waals surface area contributed by atoms with Crippen molar-refractivity contribution in [3.8, 4) is 0 Å². The van der Waals surface area contributed by atoms with Gasteiger partial charge >= 0.3 is 5.97 Å². The lowest BCUT2D eigenvalue weighted by atomic mass is 9.74. The summed E-state index contributed by atoms with van der Waals surface area (Å²) in [6, 6.07) is 0. The first-order chi connectivity index (χ1) is 8.18. The molecule has 0 aliphatic carbocycles. The molecule has 0 spiro atoms. The molecule has 0 aromatic rings. The lowest BCUT2D eigenvalue weighted by molar-refractivity contribution is -0.148. The zero-order valence-corrected chi connectivity index (χ0v) is 11.7. The zero-order chi connectivity index (χ0) is 14.0. The third-order valence-corrected chi connectivity index (χ3v) is 3.86. The van der Waals surface area contributed by atoms with E-state index >= 15 is 0 Å². The molecule has 1 fully saturated rings. The van der Waals surface area contributed by atoms with Crippen LogP contribution in [0.2, 0.25) is 0 Å². The van der Waals surface area contributed by atoms with Gasteiger partial charge in [0.05, 0.1) is 0 Å². The minimum atomic E-state index is -1.23. The van der Waals surface area contributed by atoms with Gasteiger partial charge in [0, 0.05) is 5.41 Å². The Morgan fingerprint density at radius 3 is 2.33 bits per heavy atom. The standard InChI is InChI=1S/C13H24N2O3/c1-12(2,9-6-5-7-14-8-9)10(16)15-13(3,4)11(17)18/h9,14H,5-8H2,1-4H3,(H,15,16)(H,17,18). The summed E-state index contributed by atoms with van der Waals surface area (Å²) in [5.74, 6) is -0.965. The molecule has 5 nitrogen and oxygen atoms in total. The van der Waals surface area contributed by atoms with Crippen molar-refractivity contribution in [2.75, 3.05) is 13.1 Å². The van der Waals surface area contributed by atoms with Gasteiger partial charge in [-0.1, -0.05) is 13.8 Å². The highest BCUT2D eigenvalue weighted by molar-refractivity contribution is 5.89. The quantitative estimate of drug-likeness (QED) is 0.701. The fraction of sp³-hybridized carbons (Fsp3) is 0.846. The molecule has 1 amide bonds. The fourth-order valence-corrected chi connectivity index (χ4v) is 2.15. The Morgan fingerprint density at radius 2 is 1.89 bits per heavy atom. The van der Waals surface area contributed by atoms with Gasteiger partial charge < -0.3 is 15.7 Å². The van der Waals surface area contributed by atoms with Crippen molar-refractivity contribution in [3.63, 3.8) is 0 Å². The number of carbonyl (C=O) groups is 2. The molecule has 1 unspecified atom stereocenters. The van der Waals surface area contributed by atoms with Crippen LogP contribution in [-0.2, 0) is 9.59 Å². The fourth-order valence-electron chi connectivity index (χ4n) is 2.15. The Bertz CT molecular complexity index is 331. The van der Waals surface area contributed by atoms with Crippen molar-refractivity contribution < 1.29 is 14.7 Å². The molecule has 1 aliphatic rings. The lowest BCUT2D eigenvalue weighted by Gasteiger charge is -2.37. The first-order valence-corrected chi connectivity index (χ1v) is 6.44. The number of hydrogen-bond donors (Lipinski definition) is 3. The van der Waals surface area contributed by atoms with Crippen molar-refractivity contribution >= 4 is 11.9 Å². The molecule has 1 heterocycles. The SMILES string of the molecule is CC(C)(NC(=O)C(C)(C)C1CCCNC1)C(=O)O. The summed E-state index contributed by atoms with van der Waals surface area (Å²) in [7, 11) is 0. The van der Waals surface area contributed by atoms with Crippen LogP contribution in [0.15, 0.2) is 0 Å². The van der Waals surface area contributed by atoms with E-state index in [9.17, 15) is 9.59 Å². The second kappa shape index (κ2) is 5.26. The number of nitrogens with one attached hydrogen (secondary N) is 2. The summed E-state index contributed by atoms with van der Waals surface area (Å²) >= 11 is 0. The highest BCUT2D eigenvalue weighted by Crippen LogP contribution is 2.32. The van der Waals surface area contributed by atoms with Crippen molar-refractivity contribution in [2.24, 2.45) is 11.3 Å². The lowest BCUT2D eigenvalue weighted by Crippen LogP contribution is -2.56. The highest BCUT2D eigenvalue weighted by atomic mass is 16.4. The van der Waals surface area contributed by atoms with Gasteiger partial charge in [0.15, 0.2) is 0 Å². The normalized spacial score (nSPS) is 21.4. The molecule has 0 aromatic heterocycles. The second-order valence-electron chi connectivity index (χ2n) is 6.15. The van der Waals surface area contributed by atoms with E-state index in [0.717, 1.165) is 25.9 Å². The molecule has 0 radical (unpaired) electrons. The average Bonchev–Trinajstić information content (AvgIpc) is 2.29. The van der Waals surface area contributed by atoms with Crippen LogP contribution in [0.4, 0.5) is 0 Å². The van der Waals surface area contributed by atoms with E-state index in [1.165, 1.54) is 13.8 Å². The monoisotopic (exact) mass is 256 g/mol. The number of carbonyl (C=O) groups excluding carboxylic acids is 1. The van der Waals surface area contributed by atoms with E-state index in [4.69, 9.17) is 5.11 Å². The predicted molar refractivity (Wildman–Crippen MR) is 69.2 cm³/mol. The summed E-state index contributed by atoms with van der Waals surface area (Å²) in [6.07, 6.45) is 2.06. The summed E-state index contributed by atoms with van der Waals surface area (Å²) in [5, 5.41) is 15.0. The van der Waals surface area contributed by atoms with E-state index in [-0.39, 0.29) is 11.8 Å². The molecule has 0 bridgehead atoms. The molecule has 1 atom stereocenters. The maximum Gasteiger partial charge on any atom is 0.328 e. The van der Waals surface area contributed by atoms with Crippen molar-refractivity contribution in [1.82, 2.24) is 10.6 Å². The van der Waals surface area contributed by atoms with E-state index in [1.807, 2.05) is 13.8 Å². The summed E-state index contributed by atoms with van der Waals surface area (Å²) in [6.45, 7) is 8.59. The molecule has 5 heteroatoms. The third-order valence-electron chi connectivity index (χ3n) is 3.86. The van der Waals surface area contributed by atoms with Gasteiger partial charge in [-0.05, 0) is 45.7 Å². The Hall–Kier alpha value is -1.10. The highest BCUT2D eigenvalue weighted by Gasteiger charge is 2.40. The zero-order valence-electron chi connectivity index (χ0n) is 11.7. The third kappa shape index (κ3) is 3.22. The van der Waals surface area contributed by atoms with Gasteiger partial charge in [0.1, 0.15) is 5.54 Å². The van der Waals surface area contributed by atoms with E-state index in [0.29, 0.717) is 0 Å². The Balaban J connectivity index is 2.72. The minimum absolute atomic E-state index is 0.191. The van der Waals surface area contributed by atoms with Gasteiger partial charge in [-0.3, -0.25) is 4.79 Å². The van der Waals surface area contributed by atoms with E-state index in [1.54, 1.807) is 0 Å². The summed E-state index contributed by atoms with van der Waals surface area (Å²) in [4.78, 5) is 23.3. The van der Waals surface area contributed by atoms with E-state index in [2.05, 4.69) is 10.6 Å². The van der Waals surface area contributed by atoms with Gasteiger partial charge in [0.25, 0.3) is 0 Å². The molecule has 3 N–H and O–H groups in total. The number of carboxylic acids is 1. The maximum absolute atomic E-state index is 12.3. The minimum Gasteiger partial charge on any atom is -0.480 e. The van der Waals surface area contributed by atoms with Crippen LogP contribution in [0.1, 0.15) is 40.5 Å². The smallest absolute Gasteiger partial charge is 0.328 e. The largest absolute Gasteiger partial charge is 0.480 e. The molecule has 18 heavy (non-hydrogen) atoms. The topological polar surface area (TPSA) is 78.4 Å². The number of amides is 1. The summed E-state index contributed by atoms with van der Waals surface area (Å²) in [5.41, 5.74) is -1.78. The Kier molecular flexibility index (Phi) is 4.37. The number of aliphatic carboxylic acids is 1. The van der Waals surface area contributed by atoms with E-state index < -0.39 is 16.9 Å². The van der Waals surface area contributed by atoms with Crippen LogP contribution in [-0.4, -0.2) is 35.6 Å². The molecular weight excluding hydrogens is 232 g/mol. The second-order valence-corrected chi connectivity index (χ2v) is 6.15. The number of rotatable bonds is 4. The van der Waals surface area contributed by atoms with Crippen LogP contribution in [0.3, 0.4) is 0 Å². The van der Waals surface area contributed by atoms with Crippen LogP contribution < -0.4 is 10.6 Å². The molecule has 1 saturated heterocycles. The molecule has 0 saturated carbocycles. The van der Waals surface area contributed by atoms with Gasteiger partial charge in [0.2, 0.25) is 5.91 Å². The van der Waals surface area contributed by atoms with Gasteiger partial charge in [-0.2, -0.15) is 0 Å². The molecule has 1 rings (SSSR count). The maximum atomic E-state index is 12.3. The molecular formula is C13H24N2O3. The predicted octanol–water partition coefficient (Wildman–Crippen LogP) is 0.992. The van der Waals surface area contributed by atoms with Crippen LogP contribution in [0, 0.1) is 11.3 Å². The van der Waals surface area contributed by atoms with Crippen LogP contribution in [0.5, 0.6) is 0 Å². The van der Waals surface area contributed by atoms with Crippen molar-refractivity contribution in [3.05, 3.63) is 0 Å². The Morgan fingerprint density at radius 1 is 1.28 bits per heavy atom. The number of piperidine rings is 1. The van der Waals surface area contributed by atoms with Crippen molar-refractivity contribution in [1.29, 1.82) is 0 Å². The average molecular weight is 256 g/mol. The summed E-state index contributed by atoms with van der Waals surface area (Å²) < 4.78 is 0.